The number of benzene rings is 2. The summed E-state index contributed by atoms with van der Waals surface area (Å²) < 4.78 is 33.9. The Bertz CT molecular complexity index is 1580. The number of carboxylic acids is 1. The number of rotatable bonds is 9. The van der Waals surface area contributed by atoms with Crippen molar-refractivity contribution in [3.05, 3.63) is 59.7 Å². The highest BCUT2D eigenvalue weighted by Crippen LogP contribution is 2.33. The number of piperidine rings is 1. The molecule has 0 spiro atoms. The molecule has 0 aliphatic carbocycles. The lowest BCUT2D eigenvalue weighted by molar-refractivity contribution is -0.147. The number of aryl methyl sites for hydroxylation is 1. The Hall–Kier alpha value is -3.97. The Balaban J connectivity index is 1.49. The Kier molecular flexibility index (Phi) is 10.7. The van der Waals surface area contributed by atoms with Crippen LogP contribution in [0.5, 0.6) is 0 Å². The molecule has 256 valence electrons. The van der Waals surface area contributed by atoms with Crippen molar-refractivity contribution >= 4 is 39.6 Å². The Morgan fingerprint density at radius 2 is 1.64 bits per heavy atom. The minimum absolute atomic E-state index is 0.173. The first kappa shape index (κ1) is 35.9. The lowest BCUT2D eigenvalue weighted by Crippen LogP contribution is -2.57. The lowest BCUT2D eigenvalue weighted by Gasteiger charge is -2.34. The SMILES string of the molecule is Cc1ccc(S(=O)(=O)N(C(=O)[C@H]2NCCC2(C)C)[C@@H](Cc2ccc(NC(=O)C3CCN(C(=O)OC(C)(C)C)CC3)cc2)C(=O)O)cc1. The predicted molar refractivity (Wildman–Crippen MR) is 176 cm³/mol. The van der Waals surface area contributed by atoms with Crippen LogP contribution in [0.4, 0.5) is 10.5 Å². The van der Waals surface area contributed by atoms with Gasteiger partial charge in [0.25, 0.3) is 15.9 Å². The number of aliphatic carboxylic acids is 1. The maximum atomic E-state index is 14.0. The quantitative estimate of drug-likeness (QED) is 0.355. The number of anilines is 1. The molecule has 47 heavy (non-hydrogen) atoms. The van der Waals surface area contributed by atoms with E-state index >= 15 is 0 Å². The van der Waals surface area contributed by atoms with E-state index < -0.39 is 51.1 Å². The second-order valence-corrected chi connectivity index (χ2v) is 15.9. The monoisotopic (exact) mass is 670 g/mol. The number of carbonyl (C=O) groups is 4. The fourth-order valence-electron chi connectivity index (χ4n) is 5.88. The van der Waals surface area contributed by atoms with E-state index in [9.17, 15) is 32.7 Å². The zero-order valence-electron chi connectivity index (χ0n) is 27.9. The molecule has 2 aliphatic heterocycles. The van der Waals surface area contributed by atoms with Crippen molar-refractivity contribution in [3.8, 4) is 0 Å². The maximum absolute atomic E-state index is 14.0. The van der Waals surface area contributed by atoms with Gasteiger partial charge in [-0.25, -0.2) is 22.3 Å². The molecule has 2 heterocycles. The molecular weight excluding hydrogens is 624 g/mol. The standard InChI is InChI=1S/C34H46N4O8S/c1-22-7-13-26(14-8-22)47(44,45)38(30(40)28-34(5,6)17-18-35-28)27(31(41)42)21-23-9-11-25(12-10-23)36-29(39)24-15-19-37(20-16-24)32(43)46-33(2,3)4/h7-14,24,27-28,35H,15-21H2,1-6H3,(H,36,39)(H,41,42)/t27-,28+/m0/s1. The first-order valence-corrected chi connectivity index (χ1v) is 17.3. The van der Waals surface area contributed by atoms with Gasteiger partial charge in [0.2, 0.25) is 5.91 Å². The summed E-state index contributed by atoms with van der Waals surface area (Å²) in [6, 6.07) is 9.77. The van der Waals surface area contributed by atoms with Crippen LogP contribution >= 0.6 is 0 Å². The fraction of sp³-hybridized carbons (Fsp3) is 0.529. The maximum Gasteiger partial charge on any atom is 0.410 e. The number of amides is 3. The number of sulfonamides is 1. The van der Waals surface area contributed by atoms with E-state index in [1.54, 1.807) is 69.0 Å². The summed E-state index contributed by atoms with van der Waals surface area (Å²) in [5.41, 5.74) is 0.574. The molecule has 4 rings (SSSR count). The van der Waals surface area contributed by atoms with Crippen molar-refractivity contribution in [1.29, 1.82) is 0 Å². The number of hydrogen-bond donors (Lipinski definition) is 3. The van der Waals surface area contributed by atoms with Crippen LogP contribution in [-0.2, 0) is 35.6 Å². The van der Waals surface area contributed by atoms with E-state index in [0.717, 1.165) is 5.56 Å². The molecule has 2 aromatic rings. The molecule has 2 aliphatic rings. The van der Waals surface area contributed by atoms with Gasteiger partial charge in [-0.3, -0.25) is 9.59 Å². The molecular formula is C34H46N4O8S. The van der Waals surface area contributed by atoms with E-state index in [-0.39, 0.29) is 23.1 Å². The van der Waals surface area contributed by atoms with Crippen molar-refractivity contribution < 1.29 is 37.4 Å². The summed E-state index contributed by atoms with van der Waals surface area (Å²) in [4.78, 5) is 53.5. The Morgan fingerprint density at radius 1 is 1.04 bits per heavy atom. The highest BCUT2D eigenvalue weighted by Gasteiger charge is 2.48. The van der Waals surface area contributed by atoms with E-state index in [1.165, 1.54) is 12.1 Å². The molecule has 0 bridgehead atoms. The normalized spacial score (nSPS) is 19.1. The molecule has 13 heteroatoms. The van der Waals surface area contributed by atoms with Crippen LogP contribution < -0.4 is 10.6 Å². The molecule has 3 N–H and O–H groups in total. The van der Waals surface area contributed by atoms with Crippen molar-refractivity contribution in [2.24, 2.45) is 11.3 Å². The molecule has 0 unspecified atom stereocenters. The highest BCUT2D eigenvalue weighted by molar-refractivity contribution is 7.89. The average Bonchev–Trinajstić information content (AvgIpc) is 3.35. The van der Waals surface area contributed by atoms with Gasteiger partial charge in [-0.1, -0.05) is 43.7 Å². The largest absolute Gasteiger partial charge is 0.480 e. The topological polar surface area (TPSA) is 162 Å². The number of likely N-dealkylation sites (tertiary alicyclic amines) is 1. The smallest absolute Gasteiger partial charge is 0.410 e. The van der Waals surface area contributed by atoms with E-state index in [1.807, 2.05) is 13.8 Å². The third-order valence-electron chi connectivity index (χ3n) is 8.68. The average molecular weight is 671 g/mol. The van der Waals surface area contributed by atoms with Crippen LogP contribution in [0.15, 0.2) is 53.4 Å². The summed E-state index contributed by atoms with van der Waals surface area (Å²) in [6.07, 6.45) is 0.902. The van der Waals surface area contributed by atoms with E-state index in [4.69, 9.17) is 4.74 Å². The molecule has 2 aromatic carbocycles. The lowest BCUT2D eigenvalue weighted by atomic mass is 9.84. The van der Waals surface area contributed by atoms with E-state index in [0.29, 0.717) is 54.5 Å². The second kappa shape index (κ2) is 14.0. The van der Waals surface area contributed by atoms with Gasteiger partial charge in [-0.05, 0) is 88.7 Å². The molecule has 2 atom stereocenters. The van der Waals surface area contributed by atoms with Crippen molar-refractivity contribution in [2.75, 3.05) is 25.0 Å². The van der Waals surface area contributed by atoms with Crippen molar-refractivity contribution in [2.45, 2.75) is 89.8 Å². The second-order valence-electron chi connectivity index (χ2n) is 14.1. The van der Waals surface area contributed by atoms with Gasteiger partial charge in [0.1, 0.15) is 11.6 Å². The molecule has 0 aromatic heterocycles. The first-order valence-electron chi connectivity index (χ1n) is 15.9. The number of carbonyl (C=O) groups excluding carboxylic acids is 3. The molecule has 2 fully saturated rings. The van der Waals surface area contributed by atoms with Crippen molar-refractivity contribution in [1.82, 2.24) is 14.5 Å². The number of nitrogens with one attached hydrogen (secondary N) is 2. The van der Waals surface area contributed by atoms with Gasteiger partial charge in [-0.2, -0.15) is 0 Å². The van der Waals surface area contributed by atoms with Crippen LogP contribution in [0.2, 0.25) is 0 Å². The van der Waals surface area contributed by atoms with E-state index in [2.05, 4.69) is 10.6 Å². The first-order chi connectivity index (χ1) is 21.9. The van der Waals surface area contributed by atoms with Gasteiger partial charge in [-0.15, -0.1) is 0 Å². The van der Waals surface area contributed by atoms with Crippen LogP contribution in [0.1, 0.15) is 65.0 Å². The molecule has 0 radical (unpaired) electrons. The van der Waals surface area contributed by atoms with Crippen LogP contribution in [-0.4, -0.2) is 83.9 Å². The van der Waals surface area contributed by atoms with Crippen LogP contribution in [0.25, 0.3) is 0 Å². The van der Waals surface area contributed by atoms with Crippen LogP contribution in [0.3, 0.4) is 0 Å². The highest BCUT2D eigenvalue weighted by atomic mass is 32.2. The molecule has 2 saturated heterocycles. The van der Waals surface area contributed by atoms with Gasteiger partial charge in [0.15, 0.2) is 0 Å². The minimum Gasteiger partial charge on any atom is -0.480 e. The Morgan fingerprint density at radius 3 is 2.15 bits per heavy atom. The summed E-state index contributed by atoms with van der Waals surface area (Å²) in [7, 11) is -4.55. The fourth-order valence-corrected chi connectivity index (χ4v) is 7.43. The molecule has 12 nitrogen and oxygen atoms in total. The number of ether oxygens (including phenoxy) is 1. The summed E-state index contributed by atoms with van der Waals surface area (Å²) >= 11 is 0. The zero-order chi connectivity index (χ0) is 34.7. The summed E-state index contributed by atoms with van der Waals surface area (Å²) in [6.45, 7) is 12.2. The predicted octanol–water partition coefficient (Wildman–Crippen LogP) is 4.18. The third kappa shape index (κ3) is 8.69. The summed E-state index contributed by atoms with van der Waals surface area (Å²) in [5, 5.41) is 16.3. The zero-order valence-corrected chi connectivity index (χ0v) is 28.7. The van der Waals surface area contributed by atoms with Gasteiger partial charge in [0.05, 0.1) is 10.9 Å². The number of carboxylic acid groups (broad SMARTS) is 1. The van der Waals surface area contributed by atoms with Crippen molar-refractivity contribution in [3.63, 3.8) is 0 Å². The van der Waals surface area contributed by atoms with Gasteiger partial charge in [0, 0.05) is 31.1 Å². The van der Waals surface area contributed by atoms with Gasteiger partial charge < -0.3 is 25.4 Å². The van der Waals surface area contributed by atoms with Gasteiger partial charge >= 0.3 is 12.1 Å². The molecule has 0 saturated carbocycles. The molecule has 3 amide bonds. The Labute approximate surface area is 276 Å². The van der Waals surface area contributed by atoms with Crippen LogP contribution in [0, 0.1) is 18.3 Å². The third-order valence-corrected chi connectivity index (χ3v) is 10.5. The number of hydrogen-bond acceptors (Lipinski definition) is 8. The summed E-state index contributed by atoms with van der Waals surface area (Å²) in [5.74, 6) is -2.77. The number of nitrogens with zero attached hydrogens (tertiary/aromatic N) is 2. The minimum atomic E-state index is -4.55.